The number of unbranched alkanes of at least 4 members (excludes halogenated alkanes) is 6. The number of rotatable bonds is 13. The molecule has 49 heavy (non-hydrogen) atoms. The lowest BCUT2D eigenvalue weighted by Gasteiger charge is -2.30. The van der Waals surface area contributed by atoms with Crippen LogP contribution in [0.1, 0.15) is 65.2 Å². The molecular formula is C37H63O12. The van der Waals surface area contributed by atoms with E-state index in [2.05, 4.69) is 69.2 Å². The van der Waals surface area contributed by atoms with E-state index in [9.17, 15) is 4.79 Å². The zero-order valence-corrected chi connectivity index (χ0v) is 30.1. The molecule has 12 nitrogen and oxygen atoms in total. The van der Waals surface area contributed by atoms with Gasteiger partial charge in [0.1, 0.15) is 5.75 Å². The molecule has 0 aliphatic carbocycles. The van der Waals surface area contributed by atoms with Gasteiger partial charge in [0, 0.05) is 13.3 Å². The highest BCUT2D eigenvalue weighted by Crippen LogP contribution is 2.25. The van der Waals surface area contributed by atoms with E-state index in [1.165, 1.54) is 45.3 Å². The van der Waals surface area contributed by atoms with E-state index < -0.39 is 11.8 Å². The van der Waals surface area contributed by atoms with Gasteiger partial charge in [0.2, 0.25) is 0 Å². The van der Waals surface area contributed by atoms with Crippen molar-refractivity contribution < 1.29 is 60.2 Å². The van der Waals surface area contributed by atoms with Crippen LogP contribution in [0.25, 0.3) is 0 Å². The third-order valence-electron chi connectivity index (χ3n) is 4.00. The van der Waals surface area contributed by atoms with Crippen molar-refractivity contribution in [2.24, 2.45) is 0 Å². The summed E-state index contributed by atoms with van der Waals surface area (Å²) in [6.45, 7) is 29.2. The molecule has 0 saturated heterocycles. The second kappa shape index (κ2) is 67.8. The van der Waals surface area contributed by atoms with E-state index in [1.54, 1.807) is 0 Å². The standard InChI is InChI=1S/C21H31O4.8C2H4O/c1-4-5-6-7-8-9-13-16-21(3,24-17-18(2)20(22)23)25-19-14-11-10-12-15-19;8*1-2-3/h10-12,14-15,17H,3-9,13,16H2,1-2H3,(H,22,23);8*1-2H2. The summed E-state index contributed by atoms with van der Waals surface area (Å²) in [5, 5.41) is 79.5. The minimum Gasteiger partial charge on any atom is -0.478 e. The molecular weight excluding hydrogens is 636 g/mol. The van der Waals surface area contributed by atoms with Crippen molar-refractivity contribution in [3.8, 4) is 5.75 Å². The van der Waals surface area contributed by atoms with Gasteiger partial charge in [-0.1, -0.05) is 63.6 Å². The van der Waals surface area contributed by atoms with Gasteiger partial charge in [-0.05, 0) is 80.9 Å². The first-order valence-electron chi connectivity index (χ1n) is 15.4. The second-order valence-corrected chi connectivity index (χ2v) is 8.05. The Hall–Kier alpha value is -2.29. The average molecular weight is 700 g/mol. The van der Waals surface area contributed by atoms with Crippen molar-refractivity contribution in [3.05, 3.63) is 104 Å². The number of carboxylic acid groups (broad SMARTS) is 1. The Balaban J connectivity index is -0.0000000949. The molecule has 0 aliphatic heterocycles. The van der Waals surface area contributed by atoms with Gasteiger partial charge in [-0.3, -0.25) is 0 Å². The fraction of sp³-hybridized carbons (Fsp3) is 0.514. The summed E-state index contributed by atoms with van der Waals surface area (Å²) >= 11 is 0. The maximum absolute atomic E-state index is 11.0. The average Bonchev–Trinajstić information content (AvgIpc) is 3.03. The number of ether oxygens (including phenoxy) is 2. The van der Waals surface area contributed by atoms with E-state index in [-0.39, 0.29) is 58.4 Å². The number of hydrogen-bond acceptors (Lipinski definition) is 3. The number of benzene rings is 1. The number of carboxylic acids is 1. The molecule has 0 saturated carbocycles. The lowest BCUT2D eigenvalue weighted by Crippen LogP contribution is -2.34. The quantitative estimate of drug-likeness (QED) is 0.0945. The number of para-hydroxylation sites is 1. The van der Waals surface area contributed by atoms with Crippen molar-refractivity contribution in [1.29, 1.82) is 0 Å². The van der Waals surface area contributed by atoms with Gasteiger partial charge >= 0.3 is 5.97 Å². The van der Waals surface area contributed by atoms with Crippen molar-refractivity contribution in [2.75, 3.05) is 52.9 Å². The molecule has 1 aromatic carbocycles. The van der Waals surface area contributed by atoms with Gasteiger partial charge < -0.3 is 14.6 Å². The van der Waals surface area contributed by atoms with Gasteiger partial charge in [-0.25, -0.2) is 45.6 Å². The van der Waals surface area contributed by atoms with Gasteiger partial charge in [0.15, 0.2) is 0 Å². The van der Waals surface area contributed by atoms with Crippen molar-refractivity contribution in [1.82, 2.24) is 0 Å². The third kappa shape index (κ3) is 92.6. The zero-order chi connectivity index (χ0) is 40.2. The Bertz CT molecular complexity index is 638. The Labute approximate surface area is 300 Å². The van der Waals surface area contributed by atoms with Crippen LogP contribution in [0, 0.1) is 62.3 Å². The monoisotopic (exact) mass is 699 g/mol. The normalized spacial score (nSPS) is 10.1. The fourth-order valence-corrected chi connectivity index (χ4v) is 2.43. The largest absolute Gasteiger partial charge is 0.478 e. The van der Waals surface area contributed by atoms with E-state index in [0.717, 1.165) is 12.8 Å². The molecule has 1 rings (SSSR count). The highest BCUT2D eigenvalue weighted by molar-refractivity contribution is 5.85. The van der Waals surface area contributed by atoms with E-state index in [0.29, 0.717) is 12.2 Å². The fourth-order valence-electron chi connectivity index (χ4n) is 2.43. The van der Waals surface area contributed by atoms with Crippen LogP contribution in [0.4, 0.5) is 0 Å². The first-order valence-corrected chi connectivity index (χ1v) is 15.4. The maximum atomic E-state index is 11.0. The topological polar surface area (TPSA) is 215 Å². The van der Waals surface area contributed by atoms with Crippen LogP contribution in [-0.4, -0.2) is 69.7 Å². The van der Waals surface area contributed by atoms with Crippen molar-refractivity contribution >= 4 is 5.97 Å². The van der Waals surface area contributed by atoms with Crippen LogP contribution >= 0.6 is 0 Å². The third-order valence-corrected chi connectivity index (χ3v) is 4.00. The smallest absolute Gasteiger partial charge is 0.334 e. The maximum Gasteiger partial charge on any atom is 0.334 e. The minimum atomic E-state index is -1.12. The summed E-state index contributed by atoms with van der Waals surface area (Å²) in [6, 6.07) is 9.33. The van der Waals surface area contributed by atoms with Gasteiger partial charge in [-0.15, -0.1) is 0 Å². The molecule has 0 amide bonds. The SMILES string of the molecule is [CH2]C(CCCCCCCCC)(OC=C(C)C(=O)O)Oc1ccccc1.[CH2]C[O].[CH2]C[O].[CH2]C[O].[CH2]C[O].[CH2]C[O].[CH2]C[O].[CH2]C[O].[CH2]C[O]. The van der Waals surface area contributed by atoms with Crippen LogP contribution < -0.4 is 4.74 Å². The summed E-state index contributed by atoms with van der Waals surface area (Å²) in [4.78, 5) is 11.0. The Morgan fingerprint density at radius 1 is 0.633 bits per heavy atom. The molecule has 1 N–H and O–H groups in total. The van der Waals surface area contributed by atoms with Gasteiger partial charge in [-0.2, -0.15) is 0 Å². The first-order chi connectivity index (χ1) is 23.3. The summed E-state index contributed by atoms with van der Waals surface area (Å²) in [5.74, 6) is -1.48. The molecule has 283 valence electrons. The second-order valence-electron chi connectivity index (χ2n) is 8.05. The van der Waals surface area contributed by atoms with E-state index in [4.69, 9.17) is 55.4 Å². The Morgan fingerprint density at radius 2 is 0.939 bits per heavy atom. The Morgan fingerprint density at radius 3 is 1.24 bits per heavy atom. The molecule has 0 aliphatic rings. The predicted molar refractivity (Wildman–Crippen MR) is 188 cm³/mol. The predicted octanol–water partition coefficient (Wildman–Crippen LogP) is 7.75. The molecule has 0 spiro atoms. The number of aliphatic carboxylic acids is 1. The molecule has 0 bridgehead atoms. The number of carbonyl (C=O) groups is 1. The van der Waals surface area contributed by atoms with Crippen LogP contribution in [-0.2, 0) is 50.4 Å². The summed E-state index contributed by atoms with van der Waals surface area (Å²) in [5.41, 5.74) is 0.115. The molecule has 12 heteroatoms. The lowest BCUT2D eigenvalue weighted by atomic mass is 10.1. The van der Waals surface area contributed by atoms with Gasteiger partial charge in [0.25, 0.3) is 5.79 Å². The molecule has 1 aromatic rings. The molecule has 0 heterocycles. The number of hydrogen-bond donors (Lipinski definition) is 1. The molecule has 1 atom stereocenters. The highest BCUT2D eigenvalue weighted by Gasteiger charge is 2.27. The molecule has 1 unspecified atom stereocenters. The van der Waals surface area contributed by atoms with Crippen molar-refractivity contribution in [2.45, 2.75) is 71.0 Å². The summed E-state index contributed by atoms with van der Waals surface area (Å²) in [7, 11) is 0. The summed E-state index contributed by atoms with van der Waals surface area (Å²) in [6.07, 6.45) is 10.1. The van der Waals surface area contributed by atoms with Crippen LogP contribution in [0.2, 0.25) is 0 Å². The van der Waals surface area contributed by atoms with Crippen LogP contribution in [0.15, 0.2) is 42.2 Å². The Kier molecular flexibility index (Phi) is 90.1. The van der Waals surface area contributed by atoms with E-state index in [1.807, 2.05) is 30.3 Å². The first kappa shape index (κ1) is 65.1. The lowest BCUT2D eigenvalue weighted by molar-refractivity contribution is -0.134. The zero-order valence-electron chi connectivity index (χ0n) is 30.1. The van der Waals surface area contributed by atoms with Crippen molar-refractivity contribution in [3.63, 3.8) is 0 Å². The molecule has 0 aromatic heterocycles. The highest BCUT2D eigenvalue weighted by atomic mass is 16.7. The minimum absolute atomic E-state index is 0.115. The molecule has 17 radical (unpaired) electrons. The molecule has 0 fully saturated rings. The van der Waals surface area contributed by atoms with E-state index >= 15 is 0 Å². The van der Waals surface area contributed by atoms with Gasteiger partial charge in [0.05, 0.1) is 64.7 Å². The van der Waals surface area contributed by atoms with Crippen LogP contribution in [0.3, 0.4) is 0 Å². The van der Waals surface area contributed by atoms with Crippen LogP contribution in [0.5, 0.6) is 5.75 Å². The summed E-state index contributed by atoms with van der Waals surface area (Å²) < 4.78 is 11.5.